The predicted octanol–water partition coefficient (Wildman–Crippen LogP) is 2.92. The number of carbonyl (C=O) groups is 1. The average Bonchev–Trinajstić information content (AvgIpc) is 2.72. The Bertz CT molecular complexity index is 444. The number of aliphatic carboxylic acids is 1. The molecular weight excluding hydrogens is 324 g/mol. The fourth-order valence-corrected chi connectivity index (χ4v) is 2.46. The van der Waals surface area contributed by atoms with Gasteiger partial charge in [-0.25, -0.2) is 4.39 Å². The quantitative estimate of drug-likeness (QED) is 0.921. The van der Waals surface area contributed by atoms with E-state index < -0.39 is 5.97 Å². The van der Waals surface area contributed by atoms with Crippen LogP contribution in [0, 0.1) is 11.7 Å². The summed E-state index contributed by atoms with van der Waals surface area (Å²) in [7, 11) is 0. The molecule has 1 aromatic rings. The van der Waals surface area contributed by atoms with Crippen LogP contribution in [0.4, 0.5) is 4.39 Å². The van der Waals surface area contributed by atoms with Crippen LogP contribution in [-0.2, 0) is 11.3 Å². The lowest BCUT2D eigenvalue weighted by Gasteiger charge is -2.16. The second-order valence-corrected chi connectivity index (χ2v) is 5.15. The summed E-state index contributed by atoms with van der Waals surface area (Å²) in [6.07, 6.45) is 0.669. The van der Waals surface area contributed by atoms with Gasteiger partial charge in [0.15, 0.2) is 0 Å². The Morgan fingerprint density at radius 2 is 2.28 bits per heavy atom. The van der Waals surface area contributed by atoms with E-state index in [1.165, 1.54) is 12.1 Å². The zero-order chi connectivity index (χ0) is 12.4. The molecule has 1 atom stereocenters. The van der Waals surface area contributed by atoms with Crippen molar-refractivity contribution in [1.29, 1.82) is 0 Å². The van der Waals surface area contributed by atoms with Crippen molar-refractivity contribution < 1.29 is 14.3 Å². The summed E-state index contributed by atoms with van der Waals surface area (Å²) in [5.74, 6) is -1.30. The summed E-state index contributed by atoms with van der Waals surface area (Å²) in [5, 5.41) is 8.90. The SMILES string of the molecule is Cl.O=C(O)C1CCN(Cc2cc(F)ccc2Br)C1. The van der Waals surface area contributed by atoms with Crippen LogP contribution in [0.5, 0.6) is 0 Å². The Balaban J connectivity index is 0.00000162. The van der Waals surface area contributed by atoms with E-state index in [9.17, 15) is 9.18 Å². The van der Waals surface area contributed by atoms with Crippen molar-refractivity contribution in [1.82, 2.24) is 4.90 Å². The van der Waals surface area contributed by atoms with Gasteiger partial charge in [-0.1, -0.05) is 15.9 Å². The first-order chi connectivity index (χ1) is 8.06. The molecule has 18 heavy (non-hydrogen) atoms. The van der Waals surface area contributed by atoms with Gasteiger partial charge in [-0.15, -0.1) is 12.4 Å². The minimum atomic E-state index is -0.745. The van der Waals surface area contributed by atoms with Crippen LogP contribution in [0.2, 0.25) is 0 Å². The maximum atomic E-state index is 13.1. The maximum Gasteiger partial charge on any atom is 0.307 e. The molecule has 1 fully saturated rings. The molecule has 0 saturated carbocycles. The smallest absolute Gasteiger partial charge is 0.307 e. The van der Waals surface area contributed by atoms with Gasteiger partial charge in [-0.05, 0) is 36.7 Å². The Morgan fingerprint density at radius 1 is 1.56 bits per heavy atom. The van der Waals surface area contributed by atoms with Gasteiger partial charge in [0, 0.05) is 17.6 Å². The van der Waals surface area contributed by atoms with Crippen molar-refractivity contribution >= 4 is 34.3 Å². The van der Waals surface area contributed by atoms with Crippen LogP contribution in [0.15, 0.2) is 22.7 Å². The topological polar surface area (TPSA) is 40.5 Å². The van der Waals surface area contributed by atoms with E-state index in [1.807, 2.05) is 4.90 Å². The molecule has 0 spiro atoms. The molecular formula is C12H14BrClFNO2. The fraction of sp³-hybridized carbons (Fsp3) is 0.417. The molecule has 1 heterocycles. The van der Waals surface area contributed by atoms with Gasteiger partial charge in [0.05, 0.1) is 5.92 Å². The molecule has 0 amide bonds. The third-order valence-electron chi connectivity index (χ3n) is 3.02. The molecule has 1 aliphatic heterocycles. The zero-order valence-electron chi connectivity index (χ0n) is 9.60. The van der Waals surface area contributed by atoms with Crippen molar-refractivity contribution in [3.05, 3.63) is 34.1 Å². The fourth-order valence-electron chi connectivity index (χ4n) is 2.08. The molecule has 1 N–H and O–H groups in total. The molecule has 0 bridgehead atoms. The molecule has 100 valence electrons. The van der Waals surface area contributed by atoms with Crippen molar-refractivity contribution in [2.45, 2.75) is 13.0 Å². The first-order valence-corrected chi connectivity index (χ1v) is 6.24. The molecule has 1 saturated heterocycles. The van der Waals surface area contributed by atoms with Crippen LogP contribution in [0.1, 0.15) is 12.0 Å². The van der Waals surface area contributed by atoms with E-state index in [0.717, 1.165) is 16.6 Å². The van der Waals surface area contributed by atoms with Gasteiger partial charge in [-0.3, -0.25) is 9.69 Å². The average molecular weight is 339 g/mol. The molecule has 0 radical (unpaired) electrons. The van der Waals surface area contributed by atoms with Crippen molar-refractivity contribution in [3.63, 3.8) is 0 Å². The van der Waals surface area contributed by atoms with Gasteiger partial charge < -0.3 is 5.11 Å². The summed E-state index contributed by atoms with van der Waals surface area (Å²) in [6.45, 7) is 1.88. The van der Waals surface area contributed by atoms with Gasteiger partial charge in [0.2, 0.25) is 0 Å². The van der Waals surface area contributed by atoms with Crippen LogP contribution in [0.25, 0.3) is 0 Å². The van der Waals surface area contributed by atoms with Crippen LogP contribution < -0.4 is 0 Å². The second kappa shape index (κ2) is 6.50. The number of likely N-dealkylation sites (tertiary alicyclic amines) is 1. The first kappa shape index (κ1) is 15.4. The highest BCUT2D eigenvalue weighted by Gasteiger charge is 2.28. The lowest BCUT2D eigenvalue weighted by atomic mass is 10.1. The lowest BCUT2D eigenvalue weighted by molar-refractivity contribution is -0.141. The van der Waals surface area contributed by atoms with Gasteiger partial charge in [0.25, 0.3) is 0 Å². The molecule has 1 unspecified atom stereocenters. The number of benzene rings is 1. The Labute approximate surface area is 120 Å². The van der Waals surface area contributed by atoms with E-state index in [1.54, 1.807) is 6.07 Å². The number of carboxylic acid groups (broad SMARTS) is 1. The summed E-state index contributed by atoms with van der Waals surface area (Å²) < 4.78 is 14.0. The minimum absolute atomic E-state index is 0. The molecule has 2 rings (SSSR count). The molecule has 0 aromatic heterocycles. The highest BCUT2D eigenvalue weighted by atomic mass is 79.9. The number of hydrogen-bond donors (Lipinski definition) is 1. The normalized spacial score (nSPS) is 19.6. The van der Waals surface area contributed by atoms with Crippen molar-refractivity contribution in [3.8, 4) is 0 Å². The Morgan fingerprint density at radius 3 is 2.89 bits per heavy atom. The number of halogens is 3. The van der Waals surface area contributed by atoms with Gasteiger partial charge in [-0.2, -0.15) is 0 Å². The molecule has 1 aliphatic rings. The number of rotatable bonds is 3. The third-order valence-corrected chi connectivity index (χ3v) is 3.80. The lowest BCUT2D eigenvalue weighted by Crippen LogP contribution is -2.23. The standard InChI is InChI=1S/C12H13BrFNO2.ClH/c13-11-2-1-10(14)5-9(11)7-15-4-3-8(6-15)12(16)17;/h1-2,5,8H,3-4,6-7H2,(H,16,17);1H. The molecule has 6 heteroatoms. The maximum absolute atomic E-state index is 13.1. The molecule has 3 nitrogen and oxygen atoms in total. The van der Waals surface area contributed by atoms with Crippen LogP contribution in [-0.4, -0.2) is 29.1 Å². The largest absolute Gasteiger partial charge is 0.481 e. The van der Waals surface area contributed by atoms with E-state index >= 15 is 0 Å². The third kappa shape index (κ3) is 3.67. The summed E-state index contributed by atoms with van der Waals surface area (Å²) >= 11 is 3.37. The minimum Gasteiger partial charge on any atom is -0.481 e. The highest BCUT2D eigenvalue weighted by Crippen LogP contribution is 2.23. The Kier molecular flexibility index (Phi) is 5.56. The zero-order valence-corrected chi connectivity index (χ0v) is 12.0. The van der Waals surface area contributed by atoms with Crippen molar-refractivity contribution in [2.75, 3.05) is 13.1 Å². The summed E-state index contributed by atoms with van der Waals surface area (Å²) in [5.41, 5.74) is 0.857. The van der Waals surface area contributed by atoms with E-state index in [4.69, 9.17) is 5.11 Å². The van der Waals surface area contributed by atoms with Crippen molar-refractivity contribution in [2.24, 2.45) is 5.92 Å². The number of nitrogens with zero attached hydrogens (tertiary/aromatic N) is 1. The van der Waals surface area contributed by atoms with E-state index in [2.05, 4.69) is 15.9 Å². The molecule has 0 aliphatic carbocycles. The monoisotopic (exact) mass is 337 g/mol. The molecule has 1 aromatic carbocycles. The number of hydrogen-bond acceptors (Lipinski definition) is 2. The number of carboxylic acids is 1. The predicted molar refractivity (Wildman–Crippen MR) is 72.4 cm³/mol. The van der Waals surface area contributed by atoms with E-state index in [0.29, 0.717) is 19.5 Å². The summed E-state index contributed by atoms with van der Waals surface area (Å²) in [6, 6.07) is 4.56. The summed E-state index contributed by atoms with van der Waals surface area (Å²) in [4.78, 5) is 12.9. The Hall–Kier alpha value is -0.650. The second-order valence-electron chi connectivity index (χ2n) is 4.29. The van der Waals surface area contributed by atoms with Gasteiger partial charge >= 0.3 is 5.97 Å². The van der Waals surface area contributed by atoms with Gasteiger partial charge in [0.1, 0.15) is 5.82 Å². The first-order valence-electron chi connectivity index (χ1n) is 5.45. The van der Waals surface area contributed by atoms with Crippen LogP contribution in [0.3, 0.4) is 0 Å². The van der Waals surface area contributed by atoms with E-state index in [-0.39, 0.29) is 24.1 Å². The van der Waals surface area contributed by atoms with Crippen LogP contribution >= 0.6 is 28.3 Å². The highest BCUT2D eigenvalue weighted by molar-refractivity contribution is 9.10.